The van der Waals surface area contributed by atoms with Crippen molar-refractivity contribution in [3.8, 4) is 0 Å². The highest BCUT2D eigenvalue weighted by molar-refractivity contribution is 6.48. The largest absolute Gasteiger partial charge is 0.329 e. The predicted molar refractivity (Wildman–Crippen MR) is 87.2 cm³/mol. The molecule has 122 valence electrons. The van der Waals surface area contributed by atoms with E-state index in [9.17, 15) is 9.59 Å². The van der Waals surface area contributed by atoms with E-state index in [1.54, 1.807) is 4.90 Å². The van der Waals surface area contributed by atoms with Crippen molar-refractivity contribution in [1.29, 1.82) is 0 Å². The Morgan fingerprint density at radius 2 is 1.73 bits per heavy atom. The van der Waals surface area contributed by atoms with Gasteiger partial charge < -0.3 is 0 Å². The summed E-state index contributed by atoms with van der Waals surface area (Å²) >= 11 is 0. The smallest absolute Gasteiger partial charge is 0.294 e. The predicted octanol–water partition coefficient (Wildman–Crippen LogP) is 2.83. The summed E-state index contributed by atoms with van der Waals surface area (Å²) in [6, 6.07) is -0.240. The van der Waals surface area contributed by atoms with Gasteiger partial charge in [0, 0.05) is 19.5 Å². The molecule has 1 atom stereocenters. The third kappa shape index (κ3) is 2.66. The monoisotopic (exact) mass is 306 g/mol. The molecule has 6 nitrogen and oxygen atoms in total. The Morgan fingerprint density at radius 3 is 2.32 bits per heavy atom. The minimum Gasteiger partial charge on any atom is -0.294 e. The number of rotatable bonds is 7. The molecule has 1 saturated heterocycles. The normalized spacial score (nSPS) is 24.5. The first-order chi connectivity index (χ1) is 10.5. The Labute approximate surface area is 132 Å². The lowest BCUT2D eigenvalue weighted by Gasteiger charge is -2.43. The fraction of sp³-hybridized carbons (Fsp3) is 0.750. The average Bonchev–Trinajstić information content (AvgIpc) is 2.84. The Bertz CT molecular complexity index is 526. The molecule has 3 amide bonds. The summed E-state index contributed by atoms with van der Waals surface area (Å²) in [7, 11) is 0. The van der Waals surface area contributed by atoms with Gasteiger partial charge in [0.1, 0.15) is 5.84 Å². The van der Waals surface area contributed by atoms with E-state index in [4.69, 9.17) is 0 Å². The molecule has 6 heteroatoms. The fourth-order valence-corrected chi connectivity index (χ4v) is 2.95. The van der Waals surface area contributed by atoms with Crippen LogP contribution in [0.4, 0.5) is 4.79 Å². The molecule has 0 radical (unpaired) electrons. The summed E-state index contributed by atoms with van der Waals surface area (Å²) in [6.07, 6.45) is 4.35. The van der Waals surface area contributed by atoms with E-state index in [1.165, 1.54) is 4.90 Å². The summed E-state index contributed by atoms with van der Waals surface area (Å²) in [5.41, 5.74) is -0.516. The maximum atomic E-state index is 12.7. The molecule has 0 aromatic rings. The molecule has 2 heterocycles. The van der Waals surface area contributed by atoms with Crippen LogP contribution >= 0.6 is 0 Å². The van der Waals surface area contributed by atoms with Crippen LogP contribution in [0.5, 0.6) is 0 Å². The number of hydrogen-bond donors (Lipinski definition) is 0. The van der Waals surface area contributed by atoms with Crippen LogP contribution in [-0.2, 0) is 4.79 Å². The molecular weight excluding hydrogens is 280 g/mol. The number of carbonyl (C=O) groups excluding carboxylic acids is 2. The summed E-state index contributed by atoms with van der Waals surface area (Å²) in [6.45, 7) is 8.92. The average molecular weight is 306 g/mol. The second kappa shape index (κ2) is 6.58. The van der Waals surface area contributed by atoms with Gasteiger partial charge in [-0.2, -0.15) is 0 Å². The molecule has 0 N–H and O–H groups in total. The summed E-state index contributed by atoms with van der Waals surface area (Å²) in [5.74, 6) is 0.414. The first-order valence-electron chi connectivity index (χ1n) is 8.30. The molecule has 2 aliphatic rings. The highest BCUT2D eigenvalue weighted by atomic mass is 16.2. The number of fused-ring (bicyclic) bond motifs is 1. The van der Waals surface area contributed by atoms with Crippen LogP contribution in [0, 0.1) is 0 Å². The number of aliphatic imine (C=N–C) groups is 2. The minimum atomic E-state index is -0.919. The molecule has 0 saturated carbocycles. The van der Waals surface area contributed by atoms with Crippen molar-refractivity contribution in [3.05, 3.63) is 0 Å². The first kappa shape index (κ1) is 16.6. The lowest BCUT2D eigenvalue weighted by molar-refractivity contribution is -0.124. The van der Waals surface area contributed by atoms with Gasteiger partial charge in [0.05, 0.1) is 0 Å². The summed E-state index contributed by atoms with van der Waals surface area (Å²) in [5, 5.41) is 0. The number of nitrogens with zero attached hydrogens (tertiary/aromatic N) is 4. The highest BCUT2D eigenvalue weighted by Gasteiger charge is 2.53. The van der Waals surface area contributed by atoms with Gasteiger partial charge in [0.15, 0.2) is 11.4 Å². The van der Waals surface area contributed by atoms with Crippen LogP contribution in [0.3, 0.4) is 0 Å². The van der Waals surface area contributed by atoms with Crippen LogP contribution in [-0.4, -0.2) is 52.0 Å². The van der Waals surface area contributed by atoms with Gasteiger partial charge in [0.2, 0.25) is 0 Å². The maximum absolute atomic E-state index is 12.7. The molecule has 0 aromatic heterocycles. The molecule has 0 bridgehead atoms. The lowest BCUT2D eigenvalue weighted by Crippen LogP contribution is -2.67. The number of urea groups is 1. The second-order valence-electron chi connectivity index (χ2n) is 6.00. The van der Waals surface area contributed by atoms with Crippen molar-refractivity contribution in [2.24, 2.45) is 9.98 Å². The zero-order chi connectivity index (χ0) is 16.3. The molecule has 1 fully saturated rings. The standard InChI is InChI=1S/C16H26N4O2/c1-5-8-9-12-17-13-14(21)19(10-6-2)15(22)20(11-7-3)16(13,4)18-12/h5-11H2,1-4H3. The zero-order valence-electron chi connectivity index (χ0n) is 14.1. The summed E-state index contributed by atoms with van der Waals surface area (Å²) < 4.78 is 0. The van der Waals surface area contributed by atoms with Crippen molar-refractivity contribution >= 4 is 23.5 Å². The Balaban J connectivity index is 2.39. The maximum Gasteiger partial charge on any atom is 0.329 e. The van der Waals surface area contributed by atoms with Gasteiger partial charge in [-0.3, -0.25) is 14.6 Å². The SMILES string of the molecule is CCCCC1=NC2(C)C(=N1)C(=O)N(CCC)C(=O)N2CCC. The van der Waals surface area contributed by atoms with E-state index < -0.39 is 5.66 Å². The third-order valence-corrected chi connectivity index (χ3v) is 4.12. The number of imide groups is 1. The molecule has 2 aliphatic heterocycles. The van der Waals surface area contributed by atoms with E-state index in [0.29, 0.717) is 24.6 Å². The highest BCUT2D eigenvalue weighted by Crippen LogP contribution is 2.32. The number of hydrogen-bond acceptors (Lipinski definition) is 4. The molecule has 22 heavy (non-hydrogen) atoms. The van der Waals surface area contributed by atoms with Crippen LogP contribution in [0.1, 0.15) is 59.8 Å². The number of amidine groups is 1. The lowest BCUT2D eigenvalue weighted by atomic mass is 10.0. The van der Waals surface area contributed by atoms with Crippen LogP contribution in [0.2, 0.25) is 0 Å². The topological polar surface area (TPSA) is 65.3 Å². The van der Waals surface area contributed by atoms with Crippen molar-refractivity contribution < 1.29 is 9.59 Å². The van der Waals surface area contributed by atoms with E-state index >= 15 is 0 Å². The molecule has 0 spiro atoms. The van der Waals surface area contributed by atoms with Gasteiger partial charge in [-0.15, -0.1) is 0 Å². The van der Waals surface area contributed by atoms with Gasteiger partial charge in [-0.1, -0.05) is 27.2 Å². The Morgan fingerprint density at radius 1 is 1.05 bits per heavy atom. The fourth-order valence-electron chi connectivity index (χ4n) is 2.95. The van der Waals surface area contributed by atoms with Crippen molar-refractivity contribution in [2.75, 3.05) is 13.1 Å². The van der Waals surface area contributed by atoms with Gasteiger partial charge in [-0.05, 0) is 26.2 Å². The van der Waals surface area contributed by atoms with Crippen molar-refractivity contribution in [1.82, 2.24) is 9.80 Å². The summed E-state index contributed by atoms with van der Waals surface area (Å²) in [4.78, 5) is 37.5. The first-order valence-corrected chi connectivity index (χ1v) is 8.30. The molecular formula is C16H26N4O2. The van der Waals surface area contributed by atoms with E-state index in [-0.39, 0.29) is 11.9 Å². The number of amides is 3. The van der Waals surface area contributed by atoms with Crippen molar-refractivity contribution in [3.63, 3.8) is 0 Å². The Kier molecular flexibility index (Phi) is 4.98. The van der Waals surface area contributed by atoms with Gasteiger partial charge >= 0.3 is 6.03 Å². The van der Waals surface area contributed by atoms with Gasteiger partial charge in [-0.25, -0.2) is 14.8 Å². The van der Waals surface area contributed by atoms with Crippen molar-refractivity contribution in [2.45, 2.75) is 65.5 Å². The van der Waals surface area contributed by atoms with E-state index in [1.807, 2.05) is 20.8 Å². The van der Waals surface area contributed by atoms with Crippen LogP contribution in [0.15, 0.2) is 9.98 Å². The molecule has 0 aromatic carbocycles. The molecule has 1 unspecified atom stereocenters. The molecule has 0 aliphatic carbocycles. The van der Waals surface area contributed by atoms with Crippen LogP contribution in [0.25, 0.3) is 0 Å². The second-order valence-corrected chi connectivity index (χ2v) is 6.00. The van der Waals surface area contributed by atoms with Crippen LogP contribution < -0.4 is 0 Å². The van der Waals surface area contributed by atoms with E-state index in [0.717, 1.165) is 32.1 Å². The number of carbonyl (C=O) groups is 2. The quantitative estimate of drug-likeness (QED) is 0.726. The zero-order valence-corrected chi connectivity index (χ0v) is 14.1. The third-order valence-electron chi connectivity index (χ3n) is 4.12. The minimum absolute atomic E-state index is 0.240. The van der Waals surface area contributed by atoms with E-state index in [2.05, 4.69) is 16.9 Å². The Hall–Kier alpha value is -1.72. The molecule has 2 rings (SSSR count). The number of unbranched alkanes of at least 4 members (excludes halogenated alkanes) is 1. The van der Waals surface area contributed by atoms with Gasteiger partial charge in [0.25, 0.3) is 5.91 Å².